The average Bonchev–Trinajstić information content (AvgIpc) is 3.22. The third-order valence-electron chi connectivity index (χ3n) is 5.21. The van der Waals surface area contributed by atoms with E-state index in [9.17, 15) is 14.4 Å². The number of amides is 3. The fourth-order valence-electron chi connectivity index (χ4n) is 3.64. The number of fused-ring (bicyclic) bond motifs is 2. The molecule has 4 rings (SSSR count). The quantitative estimate of drug-likeness (QED) is 0.814. The zero-order valence-corrected chi connectivity index (χ0v) is 15.3. The number of nitrogens with one attached hydrogen (secondary N) is 2. The Labute approximate surface area is 157 Å². The second-order valence-corrected chi connectivity index (χ2v) is 7.13. The molecule has 138 valence electrons. The summed E-state index contributed by atoms with van der Waals surface area (Å²) >= 11 is 0. The molecule has 2 N–H and O–H groups in total. The van der Waals surface area contributed by atoms with Gasteiger partial charge in [0.15, 0.2) is 0 Å². The summed E-state index contributed by atoms with van der Waals surface area (Å²) in [5, 5.41) is 6.13. The normalized spacial score (nSPS) is 16.3. The third-order valence-corrected chi connectivity index (χ3v) is 5.21. The van der Waals surface area contributed by atoms with E-state index in [4.69, 9.17) is 0 Å². The minimum Gasteiger partial charge on any atom is -0.350 e. The van der Waals surface area contributed by atoms with Crippen molar-refractivity contribution in [2.75, 3.05) is 0 Å². The largest absolute Gasteiger partial charge is 0.350 e. The van der Waals surface area contributed by atoms with Gasteiger partial charge in [-0.25, -0.2) is 0 Å². The van der Waals surface area contributed by atoms with Gasteiger partial charge in [0, 0.05) is 19.6 Å². The molecule has 6 heteroatoms. The lowest BCUT2D eigenvalue weighted by Gasteiger charge is -2.21. The van der Waals surface area contributed by atoms with Crippen molar-refractivity contribution in [2.45, 2.75) is 39.5 Å². The molecule has 0 bridgehead atoms. The van der Waals surface area contributed by atoms with Crippen molar-refractivity contribution in [3.8, 4) is 0 Å². The molecule has 0 saturated heterocycles. The molecule has 0 saturated carbocycles. The van der Waals surface area contributed by atoms with Gasteiger partial charge in [0.2, 0.25) is 5.91 Å². The second-order valence-electron chi connectivity index (χ2n) is 7.13. The van der Waals surface area contributed by atoms with Crippen LogP contribution >= 0.6 is 0 Å². The molecule has 1 atom stereocenters. The molecule has 2 aromatic rings. The number of nitrogens with zero attached hydrogens (tertiary/aromatic N) is 1. The van der Waals surface area contributed by atoms with Crippen LogP contribution in [-0.2, 0) is 24.4 Å². The molecule has 0 aliphatic carbocycles. The first-order valence-corrected chi connectivity index (χ1v) is 9.03. The Hall–Kier alpha value is -2.99. The number of hydrogen-bond acceptors (Lipinski definition) is 4. The van der Waals surface area contributed by atoms with Crippen LogP contribution in [0.2, 0.25) is 0 Å². The molecule has 27 heavy (non-hydrogen) atoms. The summed E-state index contributed by atoms with van der Waals surface area (Å²) < 4.78 is 0. The van der Waals surface area contributed by atoms with Crippen molar-refractivity contribution in [1.82, 2.24) is 15.5 Å². The van der Waals surface area contributed by atoms with E-state index in [-0.39, 0.29) is 5.91 Å². The number of benzene rings is 2. The van der Waals surface area contributed by atoms with Gasteiger partial charge in [0.1, 0.15) is 6.04 Å². The predicted molar refractivity (Wildman–Crippen MR) is 100.0 cm³/mol. The van der Waals surface area contributed by atoms with Gasteiger partial charge in [-0.3, -0.25) is 19.3 Å². The highest BCUT2D eigenvalue weighted by Gasteiger charge is 2.40. The number of imide groups is 1. The van der Waals surface area contributed by atoms with E-state index in [1.807, 2.05) is 13.0 Å². The third kappa shape index (κ3) is 3.02. The summed E-state index contributed by atoms with van der Waals surface area (Å²) in [4.78, 5) is 38.8. The molecule has 1 unspecified atom stereocenters. The summed E-state index contributed by atoms with van der Waals surface area (Å²) in [6.45, 7) is 5.51. The van der Waals surface area contributed by atoms with Crippen LogP contribution in [0.3, 0.4) is 0 Å². The summed E-state index contributed by atoms with van der Waals surface area (Å²) in [6, 6.07) is 10.4. The van der Waals surface area contributed by atoms with E-state index in [2.05, 4.69) is 22.8 Å². The number of rotatable bonds is 4. The van der Waals surface area contributed by atoms with Crippen molar-refractivity contribution in [1.29, 1.82) is 0 Å². The molecule has 0 spiro atoms. The first-order valence-electron chi connectivity index (χ1n) is 9.03. The van der Waals surface area contributed by atoms with Crippen LogP contribution in [-0.4, -0.2) is 28.7 Å². The van der Waals surface area contributed by atoms with Gasteiger partial charge in [-0.1, -0.05) is 29.8 Å². The lowest BCUT2D eigenvalue weighted by atomic mass is 10.1. The van der Waals surface area contributed by atoms with Crippen LogP contribution in [0.5, 0.6) is 0 Å². The number of carbonyl (C=O) groups excluding carboxylic acids is 3. The van der Waals surface area contributed by atoms with Gasteiger partial charge >= 0.3 is 0 Å². The Morgan fingerprint density at radius 1 is 1.07 bits per heavy atom. The van der Waals surface area contributed by atoms with Gasteiger partial charge in [0.05, 0.1) is 11.1 Å². The highest BCUT2D eigenvalue weighted by atomic mass is 16.2. The molecule has 2 aliphatic rings. The standard InChI is InChI=1S/C21H21N3O3/c1-12-3-6-17-18(7-12)21(27)24(20(17)26)13(2)19(25)23-9-14-4-5-15-10-22-11-16(15)8-14/h3-8,13,22H,9-11H2,1-2H3,(H,23,25). The summed E-state index contributed by atoms with van der Waals surface area (Å²) in [7, 11) is 0. The Morgan fingerprint density at radius 3 is 2.63 bits per heavy atom. The molecule has 3 amide bonds. The summed E-state index contributed by atoms with van der Waals surface area (Å²) in [5.74, 6) is -1.17. The number of aryl methyl sites for hydroxylation is 1. The smallest absolute Gasteiger partial charge is 0.262 e. The van der Waals surface area contributed by atoms with Crippen LogP contribution < -0.4 is 10.6 Å². The first kappa shape index (κ1) is 17.4. The van der Waals surface area contributed by atoms with Gasteiger partial charge in [-0.05, 0) is 42.7 Å². The molecule has 0 fully saturated rings. The van der Waals surface area contributed by atoms with E-state index < -0.39 is 17.9 Å². The van der Waals surface area contributed by atoms with Crippen molar-refractivity contribution in [3.63, 3.8) is 0 Å². The molecule has 0 radical (unpaired) electrons. The molecular weight excluding hydrogens is 342 g/mol. The Kier molecular flexibility index (Phi) is 4.28. The van der Waals surface area contributed by atoms with Crippen LogP contribution in [0, 0.1) is 6.92 Å². The Bertz CT molecular complexity index is 967. The van der Waals surface area contributed by atoms with Crippen molar-refractivity contribution in [3.05, 3.63) is 69.8 Å². The predicted octanol–water partition coefficient (Wildman–Crippen LogP) is 1.90. The van der Waals surface area contributed by atoms with Gasteiger partial charge in [-0.15, -0.1) is 0 Å². The average molecular weight is 363 g/mol. The lowest BCUT2D eigenvalue weighted by Crippen LogP contribution is -2.47. The molecule has 6 nitrogen and oxygen atoms in total. The van der Waals surface area contributed by atoms with Crippen LogP contribution in [0.4, 0.5) is 0 Å². The van der Waals surface area contributed by atoms with E-state index in [1.165, 1.54) is 11.1 Å². The summed E-state index contributed by atoms with van der Waals surface area (Å²) in [6.07, 6.45) is 0. The SMILES string of the molecule is Cc1ccc2c(c1)C(=O)N(C(C)C(=O)NCc1ccc3c(c1)CNC3)C2=O. The highest BCUT2D eigenvalue weighted by molar-refractivity contribution is 6.22. The Morgan fingerprint density at radius 2 is 1.81 bits per heavy atom. The van der Waals surface area contributed by atoms with Crippen LogP contribution in [0.15, 0.2) is 36.4 Å². The number of hydrogen-bond donors (Lipinski definition) is 2. The maximum atomic E-state index is 12.6. The van der Waals surface area contributed by atoms with Gasteiger partial charge < -0.3 is 10.6 Å². The Balaban J connectivity index is 1.45. The maximum absolute atomic E-state index is 12.6. The van der Waals surface area contributed by atoms with Gasteiger partial charge in [-0.2, -0.15) is 0 Å². The zero-order valence-electron chi connectivity index (χ0n) is 15.3. The fraction of sp³-hybridized carbons (Fsp3) is 0.286. The van der Waals surface area contributed by atoms with E-state index >= 15 is 0 Å². The first-order chi connectivity index (χ1) is 13.0. The van der Waals surface area contributed by atoms with Gasteiger partial charge in [0.25, 0.3) is 11.8 Å². The molecule has 2 heterocycles. The second kappa shape index (κ2) is 6.63. The zero-order chi connectivity index (χ0) is 19.1. The minimum absolute atomic E-state index is 0.347. The lowest BCUT2D eigenvalue weighted by molar-refractivity contribution is -0.124. The van der Waals surface area contributed by atoms with Crippen LogP contribution in [0.25, 0.3) is 0 Å². The van der Waals surface area contributed by atoms with Crippen molar-refractivity contribution in [2.24, 2.45) is 0 Å². The van der Waals surface area contributed by atoms with Crippen molar-refractivity contribution < 1.29 is 14.4 Å². The monoisotopic (exact) mass is 363 g/mol. The topological polar surface area (TPSA) is 78.5 Å². The summed E-state index contributed by atoms with van der Waals surface area (Å²) in [5.41, 5.74) is 5.14. The van der Waals surface area contributed by atoms with Crippen LogP contribution in [0.1, 0.15) is 49.9 Å². The molecule has 2 aliphatic heterocycles. The maximum Gasteiger partial charge on any atom is 0.262 e. The fourth-order valence-corrected chi connectivity index (χ4v) is 3.64. The van der Waals surface area contributed by atoms with E-state index in [0.717, 1.165) is 29.1 Å². The molecule has 0 aromatic heterocycles. The minimum atomic E-state index is -0.867. The highest BCUT2D eigenvalue weighted by Crippen LogP contribution is 2.25. The van der Waals surface area contributed by atoms with E-state index in [0.29, 0.717) is 17.7 Å². The number of carbonyl (C=O) groups is 3. The van der Waals surface area contributed by atoms with E-state index in [1.54, 1.807) is 25.1 Å². The van der Waals surface area contributed by atoms with Crippen molar-refractivity contribution >= 4 is 17.7 Å². The molecular formula is C21H21N3O3. The molecule has 2 aromatic carbocycles.